The molecule has 0 aromatic carbocycles. The summed E-state index contributed by atoms with van der Waals surface area (Å²) in [6, 6.07) is 4.03. The van der Waals surface area contributed by atoms with Gasteiger partial charge in [0.25, 0.3) is 0 Å². The number of carbonyl (C=O) groups is 1. The molecular formula is C11H8Cl2N2O4S2. The van der Waals surface area contributed by atoms with E-state index in [1.54, 1.807) is 0 Å². The minimum absolute atomic E-state index is 0.0426. The van der Waals surface area contributed by atoms with Crippen molar-refractivity contribution in [1.82, 2.24) is 9.71 Å². The van der Waals surface area contributed by atoms with Crippen LogP contribution in [0.5, 0.6) is 0 Å². The fourth-order valence-corrected chi connectivity index (χ4v) is 4.59. The standard InChI is InChI=1S/C11H8Cl2N2O4S2/c12-9-3-8(10(13)20-9)21(18,19)15-5-6-1-2-7(11(16)17)14-4-6/h1-4,15H,5H2,(H,16,17). The molecule has 2 N–H and O–H groups in total. The molecule has 0 radical (unpaired) electrons. The Morgan fingerprint density at radius 2 is 2.10 bits per heavy atom. The average molecular weight is 367 g/mol. The van der Waals surface area contributed by atoms with E-state index in [9.17, 15) is 13.2 Å². The second-order valence-electron chi connectivity index (χ2n) is 3.87. The van der Waals surface area contributed by atoms with Crippen molar-refractivity contribution in [2.45, 2.75) is 11.4 Å². The number of aromatic nitrogens is 1. The molecule has 0 saturated carbocycles. The number of thiophene rings is 1. The molecule has 2 aromatic heterocycles. The van der Waals surface area contributed by atoms with Crippen molar-refractivity contribution in [3.63, 3.8) is 0 Å². The minimum atomic E-state index is -3.79. The normalized spacial score (nSPS) is 11.5. The van der Waals surface area contributed by atoms with E-state index >= 15 is 0 Å². The zero-order valence-corrected chi connectivity index (χ0v) is 13.4. The van der Waals surface area contributed by atoms with Gasteiger partial charge in [-0.25, -0.2) is 22.9 Å². The Morgan fingerprint density at radius 3 is 2.57 bits per heavy atom. The molecule has 21 heavy (non-hydrogen) atoms. The Bertz CT molecular complexity index is 772. The second kappa shape index (κ2) is 6.29. The maximum absolute atomic E-state index is 12.1. The van der Waals surface area contributed by atoms with Crippen LogP contribution < -0.4 is 4.72 Å². The third-order valence-electron chi connectivity index (χ3n) is 2.43. The van der Waals surface area contributed by atoms with E-state index in [1.165, 1.54) is 24.4 Å². The largest absolute Gasteiger partial charge is 0.477 e. The Kier molecular flexibility index (Phi) is 4.84. The van der Waals surface area contributed by atoms with Crippen molar-refractivity contribution in [3.8, 4) is 0 Å². The maximum atomic E-state index is 12.1. The number of nitrogens with zero attached hydrogens (tertiary/aromatic N) is 1. The van der Waals surface area contributed by atoms with Crippen LogP contribution in [0.4, 0.5) is 0 Å². The molecule has 0 saturated heterocycles. The highest BCUT2D eigenvalue weighted by molar-refractivity contribution is 7.89. The monoisotopic (exact) mass is 366 g/mol. The zero-order valence-electron chi connectivity index (χ0n) is 10.2. The number of aromatic carboxylic acids is 1. The lowest BCUT2D eigenvalue weighted by molar-refractivity contribution is 0.0690. The first-order valence-electron chi connectivity index (χ1n) is 5.42. The number of hydrogen-bond acceptors (Lipinski definition) is 5. The van der Waals surface area contributed by atoms with Crippen LogP contribution in [0.3, 0.4) is 0 Å². The van der Waals surface area contributed by atoms with Gasteiger partial charge in [-0.2, -0.15) is 0 Å². The van der Waals surface area contributed by atoms with Gasteiger partial charge in [-0.15, -0.1) is 11.3 Å². The van der Waals surface area contributed by atoms with Crippen LogP contribution in [0, 0.1) is 0 Å². The van der Waals surface area contributed by atoms with Crippen molar-refractivity contribution < 1.29 is 18.3 Å². The molecule has 10 heteroatoms. The molecule has 0 amide bonds. The summed E-state index contributed by atoms with van der Waals surface area (Å²) in [5, 5.41) is 8.72. The number of carboxylic acid groups (broad SMARTS) is 1. The average Bonchev–Trinajstić information content (AvgIpc) is 2.77. The lowest BCUT2D eigenvalue weighted by Crippen LogP contribution is -2.23. The molecule has 0 bridgehead atoms. The van der Waals surface area contributed by atoms with Gasteiger partial charge in [-0.3, -0.25) is 0 Å². The van der Waals surface area contributed by atoms with E-state index < -0.39 is 16.0 Å². The van der Waals surface area contributed by atoms with Gasteiger partial charge in [0.2, 0.25) is 10.0 Å². The molecule has 0 aliphatic heterocycles. The van der Waals surface area contributed by atoms with Crippen molar-refractivity contribution in [1.29, 1.82) is 0 Å². The number of rotatable bonds is 5. The molecular weight excluding hydrogens is 359 g/mol. The lowest BCUT2D eigenvalue weighted by Gasteiger charge is -2.05. The van der Waals surface area contributed by atoms with Crippen LogP contribution in [-0.4, -0.2) is 24.5 Å². The molecule has 0 aliphatic rings. The van der Waals surface area contributed by atoms with Gasteiger partial charge in [0.15, 0.2) is 0 Å². The molecule has 2 aromatic rings. The summed E-state index contributed by atoms with van der Waals surface area (Å²) in [4.78, 5) is 14.3. The highest BCUT2D eigenvalue weighted by Crippen LogP contribution is 2.34. The number of carboxylic acids is 1. The fraction of sp³-hybridized carbons (Fsp3) is 0.0909. The van der Waals surface area contributed by atoms with E-state index in [0.717, 1.165) is 11.3 Å². The fourth-order valence-electron chi connectivity index (χ4n) is 1.42. The predicted molar refractivity (Wildman–Crippen MR) is 79.6 cm³/mol. The molecule has 0 aliphatic carbocycles. The summed E-state index contributed by atoms with van der Waals surface area (Å²) >= 11 is 12.5. The Balaban J connectivity index is 2.11. The van der Waals surface area contributed by atoms with Crippen LogP contribution >= 0.6 is 34.5 Å². The second-order valence-corrected chi connectivity index (χ2v) is 7.89. The summed E-state index contributed by atoms with van der Waals surface area (Å²) in [6.07, 6.45) is 1.29. The quantitative estimate of drug-likeness (QED) is 0.847. The van der Waals surface area contributed by atoms with Gasteiger partial charge in [0, 0.05) is 12.7 Å². The molecule has 6 nitrogen and oxygen atoms in total. The summed E-state index contributed by atoms with van der Waals surface area (Å²) in [5.41, 5.74) is 0.398. The first-order chi connectivity index (χ1) is 9.79. The first-order valence-corrected chi connectivity index (χ1v) is 8.48. The zero-order chi connectivity index (χ0) is 15.6. The Morgan fingerprint density at radius 1 is 1.38 bits per heavy atom. The molecule has 0 unspecified atom stereocenters. The SMILES string of the molecule is O=C(O)c1ccc(CNS(=O)(=O)c2cc(Cl)sc2Cl)cn1. The smallest absolute Gasteiger partial charge is 0.354 e. The molecule has 112 valence electrons. The molecule has 0 fully saturated rings. The summed E-state index contributed by atoms with van der Waals surface area (Å²) in [7, 11) is -3.79. The minimum Gasteiger partial charge on any atom is -0.477 e. The van der Waals surface area contributed by atoms with Gasteiger partial charge in [-0.1, -0.05) is 29.3 Å². The van der Waals surface area contributed by atoms with Crippen LogP contribution in [0.1, 0.15) is 16.1 Å². The predicted octanol–water partition coefficient (Wildman–Crippen LogP) is 2.63. The molecule has 2 rings (SSSR count). The third-order valence-corrected chi connectivity index (χ3v) is 5.58. The highest BCUT2D eigenvalue weighted by atomic mass is 35.5. The van der Waals surface area contributed by atoms with Crippen molar-refractivity contribution in [2.75, 3.05) is 0 Å². The summed E-state index contributed by atoms with van der Waals surface area (Å²) in [6.45, 7) is -0.0426. The van der Waals surface area contributed by atoms with Crippen molar-refractivity contribution in [3.05, 3.63) is 44.3 Å². The van der Waals surface area contributed by atoms with Crippen LogP contribution in [0.15, 0.2) is 29.3 Å². The Labute approximate surface area is 134 Å². The van der Waals surface area contributed by atoms with Gasteiger partial charge in [-0.05, 0) is 17.7 Å². The molecule has 0 atom stereocenters. The van der Waals surface area contributed by atoms with E-state index in [0.29, 0.717) is 5.56 Å². The number of sulfonamides is 1. The van der Waals surface area contributed by atoms with Gasteiger partial charge in [0.1, 0.15) is 14.9 Å². The summed E-state index contributed by atoms with van der Waals surface area (Å²) < 4.78 is 26.8. The van der Waals surface area contributed by atoms with Crippen LogP contribution in [0.25, 0.3) is 0 Å². The first kappa shape index (κ1) is 16.2. The lowest BCUT2D eigenvalue weighted by atomic mass is 10.2. The number of halogens is 2. The molecule has 0 spiro atoms. The van der Waals surface area contributed by atoms with E-state index in [1.807, 2.05) is 0 Å². The number of pyridine rings is 1. The van der Waals surface area contributed by atoms with Gasteiger partial charge >= 0.3 is 5.97 Å². The van der Waals surface area contributed by atoms with E-state index in [2.05, 4.69) is 9.71 Å². The number of hydrogen-bond donors (Lipinski definition) is 2. The van der Waals surface area contributed by atoms with E-state index in [-0.39, 0.29) is 25.8 Å². The van der Waals surface area contributed by atoms with Crippen molar-refractivity contribution >= 4 is 50.5 Å². The van der Waals surface area contributed by atoms with Gasteiger partial charge in [0.05, 0.1) is 4.34 Å². The Hall–Kier alpha value is -1.19. The maximum Gasteiger partial charge on any atom is 0.354 e. The molecule has 2 heterocycles. The van der Waals surface area contributed by atoms with Crippen LogP contribution in [0.2, 0.25) is 8.67 Å². The summed E-state index contributed by atoms with van der Waals surface area (Å²) in [5.74, 6) is -1.15. The van der Waals surface area contributed by atoms with Gasteiger partial charge < -0.3 is 5.11 Å². The number of nitrogens with one attached hydrogen (secondary N) is 1. The van der Waals surface area contributed by atoms with Crippen molar-refractivity contribution in [2.24, 2.45) is 0 Å². The van der Waals surface area contributed by atoms with Crippen LogP contribution in [-0.2, 0) is 16.6 Å². The highest BCUT2D eigenvalue weighted by Gasteiger charge is 2.20. The third kappa shape index (κ3) is 3.92. The van der Waals surface area contributed by atoms with E-state index in [4.69, 9.17) is 28.3 Å². The topological polar surface area (TPSA) is 96.4 Å².